The third kappa shape index (κ3) is 6.19. The number of rotatable bonds is 12. The van der Waals surface area contributed by atoms with Crippen LogP contribution in [0.15, 0.2) is 59.7 Å². The molecule has 42 heavy (non-hydrogen) atoms. The lowest BCUT2D eigenvalue weighted by atomic mass is 9.69. The van der Waals surface area contributed by atoms with Crippen LogP contribution in [0.5, 0.6) is 5.75 Å². The highest BCUT2D eigenvalue weighted by Crippen LogP contribution is 2.50. The van der Waals surface area contributed by atoms with Gasteiger partial charge in [-0.3, -0.25) is 19.3 Å². The van der Waals surface area contributed by atoms with Gasteiger partial charge in [0.25, 0.3) is 0 Å². The van der Waals surface area contributed by atoms with E-state index in [0.29, 0.717) is 57.2 Å². The number of carboxylic acids is 1. The van der Waals surface area contributed by atoms with E-state index in [1.165, 1.54) is 28.2 Å². The summed E-state index contributed by atoms with van der Waals surface area (Å²) in [6, 6.07) is 14.3. The molecular weight excluding hydrogens is 537 g/mol. The first kappa shape index (κ1) is 29.7. The number of nitrogens with zero attached hydrogens (tertiary/aromatic N) is 1. The highest BCUT2D eigenvalue weighted by molar-refractivity contribution is 6.06. The van der Waals surface area contributed by atoms with Crippen molar-refractivity contribution in [1.82, 2.24) is 4.90 Å². The van der Waals surface area contributed by atoms with E-state index >= 15 is 0 Å². The summed E-state index contributed by atoms with van der Waals surface area (Å²) in [5, 5.41) is 18.5. The number of fused-ring (bicyclic) bond motifs is 3. The van der Waals surface area contributed by atoms with Gasteiger partial charge in [0.15, 0.2) is 11.6 Å². The highest BCUT2D eigenvalue weighted by Gasteiger charge is 2.56. The average molecular weight is 576 g/mol. The molecule has 2 heterocycles. The number of aromatic hydroxyl groups is 1. The van der Waals surface area contributed by atoms with Gasteiger partial charge in [-0.2, -0.15) is 0 Å². The first-order valence-electron chi connectivity index (χ1n) is 14.9. The smallest absolute Gasteiger partial charge is 0.303 e. The van der Waals surface area contributed by atoms with Crippen molar-refractivity contribution in [2.75, 3.05) is 13.2 Å². The van der Waals surface area contributed by atoms with Gasteiger partial charge in [0.05, 0.1) is 24.5 Å². The molecule has 3 aliphatic rings. The van der Waals surface area contributed by atoms with Crippen LogP contribution in [0.1, 0.15) is 69.4 Å². The Hall–Kier alpha value is -3.78. The molecule has 222 valence electrons. The minimum Gasteiger partial charge on any atom is -0.505 e. The number of imide groups is 1. The van der Waals surface area contributed by atoms with Gasteiger partial charge in [0.1, 0.15) is 0 Å². The fourth-order valence-electron chi connectivity index (χ4n) is 6.87. The van der Waals surface area contributed by atoms with Crippen LogP contribution in [-0.2, 0) is 19.1 Å². The Labute approximate surface area is 245 Å². The van der Waals surface area contributed by atoms with E-state index < -0.39 is 17.7 Å². The first-order valence-corrected chi connectivity index (χ1v) is 14.9. The molecule has 0 unspecified atom stereocenters. The summed E-state index contributed by atoms with van der Waals surface area (Å²) in [6.45, 7) is 2.83. The van der Waals surface area contributed by atoms with Crippen molar-refractivity contribution in [3.8, 4) is 5.75 Å². The summed E-state index contributed by atoms with van der Waals surface area (Å²) in [7, 11) is 0. The van der Waals surface area contributed by atoms with Gasteiger partial charge in [-0.05, 0) is 72.9 Å². The Morgan fingerprint density at radius 3 is 2.55 bits per heavy atom. The van der Waals surface area contributed by atoms with Gasteiger partial charge in [0.2, 0.25) is 11.8 Å². The summed E-state index contributed by atoms with van der Waals surface area (Å²) in [4.78, 5) is 39.1. The second kappa shape index (κ2) is 13.0. The SMILES string of the molecule is CCC1=C2[C@@H](CC/C(=C/c3ccc(O)c(F)c3)c3ccccc3)OC[C@@H]2[C@@H]2C(=O)N(CCCCCC(=O)O)C(=O)[C@@H]2C1. The summed E-state index contributed by atoms with van der Waals surface area (Å²) in [5.74, 6) is -2.99. The molecule has 1 aliphatic carbocycles. The summed E-state index contributed by atoms with van der Waals surface area (Å²) < 4.78 is 20.4. The van der Waals surface area contributed by atoms with Crippen LogP contribution in [0.2, 0.25) is 0 Å². The number of amides is 2. The van der Waals surface area contributed by atoms with E-state index in [-0.39, 0.29) is 41.9 Å². The molecular formula is C34H38FNO6. The minimum absolute atomic E-state index is 0.0914. The fraction of sp³-hybridized carbons (Fsp3) is 0.441. The van der Waals surface area contributed by atoms with Crippen molar-refractivity contribution < 1.29 is 33.7 Å². The number of carbonyl (C=O) groups excluding carboxylic acids is 2. The van der Waals surface area contributed by atoms with Crippen molar-refractivity contribution in [2.45, 2.75) is 64.4 Å². The third-order valence-electron chi connectivity index (χ3n) is 8.93. The minimum atomic E-state index is -0.837. The molecule has 7 nitrogen and oxygen atoms in total. The van der Waals surface area contributed by atoms with Crippen molar-refractivity contribution in [1.29, 1.82) is 0 Å². The van der Waals surface area contributed by atoms with Gasteiger partial charge in [-0.25, -0.2) is 4.39 Å². The number of allylic oxidation sites excluding steroid dienone is 2. The van der Waals surface area contributed by atoms with Gasteiger partial charge in [-0.1, -0.05) is 61.4 Å². The highest BCUT2D eigenvalue weighted by atomic mass is 19.1. The maximum atomic E-state index is 14.1. The molecule has 0 saturated carbocycles. The molecule has 0 radical (unpaired) electrons. The second-order valence-corrected chi connectivity index (χ2v) is 11.5. The van der Waals surface area contributed by atoms with Crippen LogP contribution in [0.4, 0.5) is 4.39 Å². The first-order chi connectivity index (χ1) is 20.3. The van der Waals surface area contributed by atoms with Gasteiger partial charge in [0, 0.05) is 18.9 Å². The molecule has 0 aromatic heterocycles. The number of phenolic OH excluding ortho intramolecular Hbond substituents is 1. The Morgan fingerprint density at radius 2 is 1.83 bits per heavy atom. The molecule has 2 saturated heterocycles. The van der Waals surface area contributed by atoms with Crippen LogP contribution in [0.3, 0.4) is 0 Å². The van der Waals surface area contributed by atoms with Crippen molar-refractivity contribution in [3.63, 3.8) is 0 Å². The molecule has 0 bridgehead atoms. The summed E-state index contributed by atoms with van der Waals surface area (Å²) >= 11 is 0. The molecule has 8 heteroatoms. The number of halogens is 1. The number of carboxylic acid groups (broad SMARTS) is 1. The number of unbranched alkanes of at least 4 members (excludes halogenated alkanes) is 2. The Balaban J connectivity index is 1.32. The lowest BCUT2D eigenvalue weighted by Crippen LogP contribution is -2.34. The summed E-state index contributed by atoms with van der Waals surface area (Å²) in [6.07, 6.45) is 6.36. The van der Waals surface area contributed by atoms with Gasteiger partial charge < -0.3 is 14.9 Å². The van der Waals surface area contributed by atoms with Crippen molar-refractivity contribution in [3.05, 3.63) is 76.6 Å². The molecule has 5 rings (SSSR count). The zero-order chi connectivity index (χ0) is 29.8. The molecule has 4 atom stereocenters. The number of hydrogen-bond donors (Lipinski definition) is 2. The maximum Gasteiger partial charge on any atom is 0.303 e. The van der Waals surface area contributed by atoms with Crippen molar-refractivity contribution >= 4 is 29.4 Å². The van der Waals surface area contributed by atoms with E-state index in [0.717, 1.165) is 17.6 Å². The molecule has 2 aliphatic heterocycles. The van der Waals surface area contributed by atoms with Crippen LogP contribution in [0.25, 0.3) is 11.6 Å². The van der Waals surface area contributed by atoms with E-state index in [4.69, 9.17) is 9.84 Å². The van der Waals surface area contributed by atoms with Crippen LogP contribution in [0, 0.1) is 23.6 Å². The standard InChI is InChI=1S/C34H38FNO6/c1-2-22-19-25-32(34(41)36(33(25)40)16-8-4-7-11-30(38)39)26-20-42-29(31(22)26)15-13-24(23-9-5-3-6-10-23)17-21-12-14-28(37)27(35)18-21/h3,5-6,9-10,12,14,17-18,25-26,29,32,37H,2,4,7-8,11,13,15-16,19-20H2,1H3,(H,38,39)/b24-17-/t25-,26+,29-,32-/m1/s1. The number of likely N-dealkylation sites (tertiary alicyclic amines) is 1. The number of carbonyl (C=O) groups is 3. The van der Waals surface area contributed by atoms with Crippen molar-refractivity contribution in [2.24, 2.45) is 17.8 Å². The lowest BCUT2D eigenvalue weighted by molar-refractivity contribution is -0.141. The van der Waals surface area contributed by atoms with Crippen LogP contribution >= 0.6 is 0 Å². The van der Waals surface area contributed by atoms with E-state index in [1.807, 2.05) is 36.4 Å². The zero-order valence-electron chi connectivity index (χ0n) is 23.9. The number of ether oxygens (including phenoxy) is 1. The Morgan fingerprint density at radius 1 is 1.05 bits per heavy atom. The van der Waals surface area contributed by atoms with E-state index in [2.05, 4.69) is 6.92 Å². The monoisotopic (exact) mass is 575 g/mol. The zero-order valence-corrected chi connectivity index (χ0v) is 23.9. The molecule has 2 N–H and O–H groups in total. The van der Waals surface area contributed by atoms with Crippen LogP contribution in [-0.4, -0.2) is 52.2 Å². The molecule has 2 aromatic carbocycles. The van der Waals surface area contributed by atoms with E-state index in [9.17, 15) is 23.9 Å². The second-order valence-electron chi connectivity index (χ2n) is 11.5. The lowest BCUT2D eigenvalue weighted by Gasteiger charge is -2.31. The molecule has 2 fully saturated rings. The predicted octanol–water partition coefficient (Wildman–Crippen LogP) is 6.22. The van der Waals surface area contributed by atoms with Gasteiger partial charge in [-0.15, -0.1) is 0 Å². The number of hydrogen-bond acceptors (Lipinski definition) is 5. The van der Waals surface area contributed by atoms with Gasteiger partial charge >= 0.3 is 5.97 Å². The average Bonchev–Trinajstić information content (AvgIpc) is 3.51. The fourth-order valence-corrected chi connectivity index (χ4v) is 6.87. The van der Waals surface area contributed by atoms with Crippen LogP contribution < -0.4 is 0 Å². The Kier molecular flexibility index (Phi) is 9.21. The topological polar surface area (TPSA) is 104 Å². The molecule has 2 aromatic rings. The predicted molar refractivity (Wildman–Crippen MR) is 157 cm³/mol. The number of benzene rings is 2. The third-order valence-corrected chi connectivity index (χ3v) is 8.93. The van der Waals surface area contributed by atoms with E-state index in [1.54, 1.807) is 6.07 Å². The number of phenols is 1. The maximum absolute atomic E-state index is 14.1. The molecule has 2 amide bonds. The molecule has 0 spiro atoms. The number of aliphatic carboxylic acids is 1. The largest absolute Gasteiger partial charge is 0.505 e. The summed E-state index contributed by atoms with van der Waals surface area (Å²) in [5.41, 5.74) is 5.07. The normalized spacial score (nSPS) is 23.9. The quantitative estimate of drug-likeness (QED) is 0.135. The Bertz CT molecular complexity index is 1400.